The monoisotopic (exact) mass is 251 g/mol. The van der Waals surface area contributed by atoms with Crippen LogP contribution in [-0.2, 0) is 12.3 Å². The summed E-state index contributed by atoms with van der Waals surface area (Å²) in [6.45, 7) is 0.909. The van der Waals surface area contributed by atoms with E-state index in [1.807, 2.05) is 11.8 Å². The lowest BCUT2D eigenvalue weighted by Gasteiger charge is -2.16. The van der Waals surface area contributed by atoms with Crippen molar-refractivity contribution in [1.82, 2.24) is 5.32 Å². The zero-order chi connectivity index (χ0) is 11.7. The first-order chi connectivity index (χ1) is 8.36. The van der Waals surface area contributed by atoms with Crippen molar-refractivity contribution in [2.45, 2.75) is 44.0 Å². The fraction of sp³-hybridized carbons (Fsp3) is 0.714. The van der Waals surface area contributed by atoms with E-state index in [0.29, 0.717) is 0 Å². The lowest BCUT2D eigenvalue weighted by molar-refractivity contribution is 0.381. The molecule has 1 aromatic rings. The summed E-state index contributed by atoms with van der Waals surface area (Å²) in [4.78, 5) is 0. The van der Waals surface area contributed by atoms with Crippen LogP contribution in [0.3, 0.4) is 0 Å². The number of nitrogens with one attached hydrogen (secondary N) is 1. The first-order valence-electron chi connectivity index (χ1n) is 6.66. The normalized spacial score (nSPS) is 20.1. The van der Waals surface area contributed by atoms with E-state index in [2.05, 4.69) is 23.7 Å². The van der Waals surface area contributed by atoms with Crippen LogP contribution in [-0.4, -0.2) is 12.3 Å². The van der Waals surface area contributed by atoms with Gasteiger partial charge in [0.1, 0.15) is 11.5 Å². The van der Waals surface area contributed by atoms with Gasteiger partial charge in [-0.2, -0.15) is 11.8 Å². The molecule has 0 saturated heterocycles. The number of hydrogen-bond acceptors (Lipinski definition) is 3. The Morgan fingerprint density at radius 1 is 1.24 bits per heavy atom. The standard InChI is InChI=1S/C14H21NOS/c1-17-9-13-7-6-12(16-13)8-15-14(10-2-3-10)11-4-5-11/h6-7,10-11,14-15H,2-5,8-9H2,1H3. The van der Waals surface area contributed by atoms with Crippen molar-refractivity contribution in [2.24, 2.45) is 11.8 Å². The molecule has 1 N–H and O–H groups in total. The first kappa shape index (κ1) is 11.7. The minimum absolute atomic E-state index is 0.768. The third kappa shape index (κ3) is 3.08. The van der Waals surface area contributed by atoms with Gasteiger partial charge in [-0.1, -0.05) is 0 Å². The summed E-state index contributed by atoms with van der Waals surface area (Å²) in [6.07, 6.45) is 7.85. The van der Waals surface area contributed by atoms with Gasteiger partial charge in [0.05, 0.1) is 12.3 Å². The maximum atomic E-state index is 5.79. The van der Waals surface area contributed by atoms with Gasteiger partial charge >= 0.3 is 0 Å². The van der Waals surface area contributed by atoms with Crippen molar-refractivity contribution in [1.29, 1.82) is 0 Å². The number of rotatable bonds is 7. The molecule has 2 aliphatic rings. The molecule has 17 heavy (non-hydrogen) atoms. The van der Waals surface area contributed by atoms with Gasteiger partial charge < -0.3 is 9.73 Å². The SMILES string of the molecule is CSCc1ccc(CNC(C2CC2)C2CC2)o1. The molecule has 1 heterocycles. The summed E-state index contributed by atoms with van der Waals surface area (Å²) in [5.41, 5.74) is 0. The van der Waals surface area contributed by atoms with Gasteiger partial charge in [0.2, 0.25) is 0 Å². The van der Waals surface area contributed by atoms with Crippen LogP contribution in [0.15, 0.2) is 16.5 Å². The molecule has 94 valence electrons. The van der Waals surface area contributed by atoms with Crippen molar-refractivity contribution >= 4 is 11.8 Å². The molecule has 0 bridgehead atoms. The molecule has 2 fully saturated rings. The predicted octanol–water partition coefficient (Wildman–Crippen LogP) is 3.42. The van der Waals surface area contributed by atoms with E-state index in [1.54, 1.807) is 0 Å². The second-order valence-corrected chi connectivity index (χ2v) is 6.25. The maximum absolute atomic E-state index is 5.79. The van der Waals surface area contributed by atoms with E-state index < -0.39 is 0 Å². The minimum Gasteiger partial charge on any atom is -0.464 e. The van der Waals surface area contributed by atoms with E-state index in [0.717, 1.165) is 41.7 Å². The fourth-order valence-corrected chi connectivity index (χ4v) is 3.02. The molecule has 0 radical (unpaired) electrons. The largest absolute Gasteiger partial charge is 0.464 e. The van der Waals surface area contributed by atoms with E-state index in [-0.39, 0.29) is 0 Å². The highest BCUT2D eigenvalue weighted by Gasteiger charge is 2.41. The average molecular weight is 251 g/mol. The predicted molar refractivity (Wildman–Crippen MR) is 72.0 cm³/mol. The summed E-state index contributed by atoms with van der Waals surface area (Å²) in [7, 11) is 0. The molecule has 0 unspecified atom stereocenters. The highest BCUT2D eigenvalue weighted by Crippen LogP contribution is 2.44. The Morgan fingerprint density at radius 2 is 1.88 bits per heavy atom. The van der Waals surface area contributed by atoms with Crippen LogP contribution >= 0.6 is 11.8 Å². The molecule has 0 aliphatic heterocycles. The smallest absolute Gasteiger partial charge is 0.118 e. The quantitative estimate of drug-likeness (QED) is 0.804. The maximum Gasteiger partial charge on any atom is 0.118 e. The molecule has 3 rings (SSSR count). The summed E-state index contributed by atoms with van der Waals surface area (Å²) in [5.74, 6) is 5.10. The number of hydrogen-bond donors (Lipinski definition) is 1. The van der Waals surface area contributed by atoms with Gasteiger partial charge in [-0.25, -0.2) is 0 Å². The summed E-state index contributed by atoms with van der Waals surface area (Å²) in [5, 5.41) is 3.71. The van der Waals surface area contributed by atoms with Crippen LogP contribution in [0.4, 0.5) is 0 Å². The molecule has 1 aromatic heterocycles. The van der Waals surface area contributed by atoms with Gasteiger partial charge in [0.15, 0.2) is 0 Å². The Bertz CT molecular complexity index is 356. The van der Waals surface area contributed by atoms with E-state index in [4.69, 9.17) is 4.42 Å². The first-order valence-corrected chi connectivity index (χ1v) is 8.06. The van der Waals surface area contributed by atoms with Crippen molar-refractivity contribution < 1.29 is 4.42 Å². The molecule has 0 aromatic carbocycles. The molecule has 2 saturated carbocycles. The Morgan fingerprint density at radius 3 is 2.47 bits per heavy atom. The van der Waals surface area contributed by atoms with Crippen molar-refractivity contribution in [3.63, 3.8) is 0 Å². The van der Waals surface area contributed by atoms with Crippen LogP contribution in [0.2, 0.25) is 0 Å². The third-order valence-electron chi connectivity index (χ3n) is 3.78. The van der Waals surface area contributed by atoms with Crippen molar-refractivity contribution in [2.75, 3.05) is 6.26 Å². The third-order valence-corrected chi connectivity index (χ3v) is 4.35. The second-order valence-electron chi connectivity index (χ2n) is 5.38. The molecule has 0 atom stereocenters. The molecule has 3 heteroatoms. The summed E-state index contributed by atoms with van der Waals surface area (Å²) < 4.78 is 5.79. The Balaban J connectivity index is 1.51. The van der Waals surface area contributed by atoms with Crippen LogP contribution in [0, 0.1) is 11.8 Å². The van der Waals surface area contributed by atoms with Crippen LogP contribution in [0.25, 0.3) is 0 Å². The highest BCUT2D eigenvalue weighted by molar-refractivity contribution is 7.97. The molecule has 0 spiro atoms. The van der Waals surface area contributed by atoms with E-state index >= 15 is 0 Å². The number of thioether (sulfide) groups is 1. The average Bonchev–Trinajstić information content (AvgIpc) is 3.21. The van der Waals surface area contributed by atoms with E-state index in [9.17, 15) is 0 Å². The Kier molecular flexibility index (Phi) is 3.48. The van der Waals surface area contributed by atoms with Gasteiger partial charge in [-0.05, 0) is 55.9 Å². The van der Waals surface area contributed by atoms with Gasteiger partial charge in [-0.3, -0.25) is 0 Å². The van der Waals surface area contributed by atoms with Gasteiger partial charge in [-0.15, -0.1) is 0 Å². The minimum atomic E-state index is 0.768. The Labute approximate surface area is 108 Å². The number of furan rings is 1. The zero-order valence-corrected chi connectivity index (χ0v) is 11.3. The van der Waals surface area contributed by atoms with Gasteiger partial charge in [0, 0.05) is 6.04 Å². The molecule has 0 amide bonds. The highest BCUT2D eigenvalue weighted by atomic mass is 32.2. The van der Waals surface area contributed by atoms with Crippen LogP contribution < -0.4 is 5.32 Å². The second kappa shape index (κ2) is 5.07. The Hall–Kier alpha value is -0.410. The van der Waals surface area contributed by atoms with Crippen molar-refractivity contribution in [3.05, 3.63) is 23.7 Å². The molecule has 2 aliphatic carbocycles. The van der Waals surface area contributed by atoms with E-state index in [1.165, 1.54) is 25.7 Å². The molecular weight excluding hydrogens is 230 g/mol. The van der Waals surface area contributed by atoms with Crippen LogP contribution in [0.1, 0.15) is 37.2 Å². The lowest BCUT2D eigenvalue weighted by atomic mass is 10.1. The van der Waals surface area contributed by atoms with Crippen LogP contribution in [0.5, 0.6) is 0 Å². The summed E-state index contributed by atoms with van der Waals surface area (Å²) in [6, 6.07) is 5.00. The zero-order valence-electron chi connectivity index (χ0n) is 10.4. The molecule has 2 nitrogen and oxygen atoms in total. The molecular formula is C14H21NOS. The van der Waals surface area contributed by atoms with Gasteiger partial charge in [0.25, 0.3) is 0 Å². The summed E-state index contributed by atoms with van der Waals surface area (Å²) >= 11 is 1.81. The topological polar surface area (TPSA) is 25.2 Å². The fourth-order valence-electron chi connectivity index (χ4n) is 2.58. The lowest BCUT2D eigenvalue weighted by Crippen LogP contribution is -2.32. The van der Waals surface area contributed by atoms with Crippen molar-refractivity contribution in [3.8, 4) is 0 Å².